The molecular formula is C20H22N2O3. The fourth-order valence-electron chi connectivity index (χ4n) is 2.99. The molecule has 1 N–H and O–H groups in total. The Hall–Kier alpha value is -2.82. The number of imide groups is 1. The molecule has 0 aliphatic carbocycles. The molecule has 0 saturated carbocycles. The predicted molar refractivity (Wildman–Crippen MR) is 98.0 cm³/mol. The topological polar surface area (TPSA) is 58.6 Å². The van der Waals surface area contributed by atoms with Crippen molar-refractivity contribution in [2.75, 3.05) is 16.8 Å². The summed E-state index contributed by atoms with van der Waals surface area (Å²) < 4.78 is 5.41. The van der Waals surface area contributed by atoms with E-state index in [1.165, 1.54) is 4.90 Å². The number of nitrogens with one attached hydrogen (secondary N) is 1. The third kappa shape index (κ3) is 3.36. The molecule has 5 nitrogen and oxygen atoms in total. The number of carbonyl (C=O) groups is 2. The summed E-state index contributed by atoms with van der Waals surface area (Å²) in [7, 11) is 0. The van der Waals surface area contributed by atoms with Crippen molar-refractivity contribution in [1.29, 1.82) is 0 Å². The molecule has 0 unspecified atom stereocenters. The smallest absolute Gasteiger partial charge is 0.256 e. The van der Waals surface area contributed by atoms with Gasteiger partial charge in [-0.3, -0.25) is 9.59 Å². The lowest BCUT2D eigenvalue weighted by Crippen LogP contribution is -2.35. The van der Waals surface area contributed by atoms with Crippen LogP contribution < -0.4 is 15.0 Å². The summed E-state index contributed by atoms with van der Waals surface area (Å²) >= 11 is 0. The standard InChI is InChI=1S/C20H22N2O3/c1-4-25-16-10-8-15(9-11-16)21-17-12-19(23)22(20(17)24)18-7-5-6-13(2)14(18)3/h5-11,17,21H,4,12H2,1-3H3/t17-/m1/s1. The highest BCUT2D eigenvalue weighted by molar-refractivity contribution is 6.23. The molecule has 0 aromatic heterocycles. The van der Waals surface area contributed by atoms with Gasteiger partial charge in [0.05, 0.1) is 18.7 Å². The number of amides is 2. The summed E-state index contributed by atoms with van der Waals surface area (Å²) in [5.74, 6) is 0.383. The van der Waals surface area contributed by atoms with E-state index < -0.39 is 6.04 Å². The van der Waals surface area contributed by atoms with Gasteiger partial charge in [0.15, 0.2) is 0 Å². The van der Waals surface area contributed by atoms with Crippen LogP contribution >= 0.6 is 0 Å². The molecule has 2 aromatic rings. The molecule has 2 aromatic carbocycles. The van der Waals surface area contributed by atoms with Gasteiger partial charge in [-0.05, 0) is 62.2 Å². The third-order valence-electron chi connectivity index (χ3n) is 4.47. The minimum Gasteiger partial charge on any atom is -0.494 e. The van der Waals surface area contributed by atoms with Crippen LogP contribution in [0.3, 0.4) is 0 Å². The van der Waals surface area contributed by atoms with Gasteiger partial charge < -0.3 is 10.1 Å². The average molecular weight is 338 g/mol. The summed E-state index contributed by atoms with van der Waals surface area (Å²) in [4.78, 5) is 26.5. The second-order valence-corrected chi connectivity index (χ2v) is 6.14. The van der Waals surface area contributed by atoms with Gasteiger partial charge in [-0.15, -0.1) is 0 Å². The van der Waals surface area contributed by atoms with Crippen LogP contribution in [-0.4, -0.2) is 24.5 Å². The maximum absolute atomic E-state index is 12.8. The highest BCUT2D eigenvalue weighted by Crippen LogP contribution is 2.29. The van der Waals surface area contributed by atoms with Crippen LogP contribution in [0.25, 0.3) is 0 Å². The van der Waals surface area contributed by atoms with E-state index in [0.29, 0.717) is 12.3 Å². The Morgan fingerprint density at radius 1 is 1.12 bits per heavy atom. The van der Waals surface area contributed by atoms with Gasteiger partial charge >= 0.3 is 0 Å². The van der Waals surface area contributed by atoms with Crippen molar-refractivity contribution in [2.45, 2.75) is 33.2 Å². The molecule has 3 rings (SSSR count). The zero-order valence-electron chi connectivity index (χ0n) is 14.7. The van der Waals surface area contributed by atoms with E-state index in [0.717, 1.165) is 22.6 Å². The number of rotatable bonds is 5. The SMILES string of the molecule is CCOc1ccc(N[C@@H]2CC(=O)N(c3cccc(C)c3C)C2=O)cc1. The first-order valence-corrected chi connectivity index (χ1v) is 8.43. The van der Waals surface area contributed by atoms with E-state index in [1.54, 1.807) is 0 Å². The lowest BCUT2D eigenvalue weighted by atomic mass is 10.1. The number of hydrogen-bond acceptors (Lipinski definition) is 4. The summed E-state index contributed by atoms with van der Waals surface area (Å²) in [6.45, 7) is 6.43. The molecule has 130 valence electrons. The van der Waals surface area contributed by atoms with E-state index in [2.05, 4.69) is 5.32 Å². The quantitative estimate of drug-likeness (QED) is 0.849. The number of nitrogens with zero attached hydrogens (tertiary/aromatic N) is 1. The summed E-state index contributed by atoms with van der Waals surface area (Å²) in [6.07, 6.45) is 0.152. The van der Waals surface area contributed by atoms with Gasteiger partial charge in [-0.25, -0.2) is 4.90 Å². The number of hydrogen-bond donors (Lipinski definition) is 1. The first-order valence-electron chi connectivity index (χ1n) is 8.43. The predicted octanol–water partition coefficient (Wildman–Crippen LogP) is 3.45. The molecule has 2 amide bonds. The van der Waals surface area contributed by atoms with Gasteiger partial charge in [0.25, 0.3) is 5.91 Å². The van der Waals surface area contributed by atoms with Crippen LogP contribution in [-0.2, 0) is 9.59 Å². The molecule has 5 heteroatoms. The molecule has 1 fully saturated rings. The zero-order valence-corrected chi connectivity index (χ0v) is 14.7. The lowest BCUT2D eigenvalue weighted by molar-refractivity contribution is -0.121. The maximum atomic E-state index is 12.8. The second-order valence-electron chi connectivity index (χ2n) is 6.14. The number of aryl methyl sites for hydroxylation is 1. The minimum absolute atomic E-state index is 0.152. The number of benzene rings is 2. The van der Waals surface area contributed by atoms with Crippen LogP contribution in [0.1, 0.15) is 24.5 Å². The molecular weight excluding hydrogens is 316 g/mol. The summed E-state index contributed by atoms with van der Waals surface area (Å²) in [6, 6.07) is 12.5. The number of anilines is 2. The van der Waals surface area contributed by atoms with Crippen LogP contribution in [0.2, 0.25) is 0 Å². The lowest BCUT2D eigenvalue weighted by Gasteiger charge is -2.19. The zero-order chi connectivity index (χ0) is 18.0. The van der Waals surface area contributed by atoms with E-state index in [4.69, 9.17) is 4.74 Å². The van der Waals surface area contributed by atoms with Gasteiger partial charge in [0, 0.05) is 5.69 Å². The van der Waals surface area contributed by atoms with Gasteiger partial charge in [0.2, 0.25) is 5.91 Å². The van der Waals surface area contributed by atoms with Crippen molar-refractivity contribution in [2.24, 2.45) is 0 Å². The summed E-state index contributed by atoms with van der Waals surface area (Å²) in [5, 5.41) is 3.16. The second kappa shape index (κ2) is 6.97. The average Bonchev–Trinajstić information content (AvgIpc) is 2.86. The van der Waals surface area contributed by atoms with Crippen molar-refractivity contribution in [3.63, 3.8) is 0 Å². The molecule has 0 spiro atoms. The Balaban J connectivity index is 1.78. The van der Waals surface area contributed by atoms with Crippen LogP contribution in [0.5, 0.6) is 5.75 Å². The molecule has 0 bridgehead atoms. The number of carbonyl (C=O) groups excluding carboxylic acids is 2. The van der Waals surface area contributed by atoms with E-state index in [1.807, 2.05) is 63.2 Å². The Morgan fingerprint density at radius 3 is 2.52 bits per heavy atom. The van der Waals surface area contributed by atoms with E-state index >= 15 is 0 Å². The molecule has 1 heterocycles. The van der Waals surface area contributed by atoms with Crippen LogP contribution in [0, 0.1) is 13.8 Å². The molecule has 25 heavy (non-hydrogen) atoms. The molecule has 0 radical (unpaired) electrons. The van der Waals surface area contributed by atoms with Crippen molar-refractivity contribution in [3.8, 4) is 5.75 Å². The van der Waals surface area contributed by atoms with Crippen molar-refractivity contribution in [1.82, 2.24) is 0 Å². The monoisotopic (exact) mass is 338 g/mol. The first-order chi connectivity index (χ1) is 12.0. The summed E-state index contributed by atoms with van der Waals surface area (Å²) in [5.41, 5.74) is 3.47. The highest BCUT2D eigenvalue weighted by atomic mass is 16.5. The fourth-order valence-corrected chi connectivity index (χ4v) is 2.99. The van der Waals surface area contributed by atoms with E-state index in [9.17, 15) is 9.59 Å². The fraction of sp³-hybridized carbons (Fsp3) is 0.300. The van der Waals surface area contributed by atoms with Gasteiger partial charge in [-0.1, -0.05) is 12.1 Å². The Kier molecular flexibility index (Phi) is 4.74. The first kappa shape index (κ1) is 17.0. The molecule has 1 atom stereocenters. The van der Waals surface area contributed by atoms with Crippen molar-refractivity contribution in [3.05, 3.63) is 53.6 Å². The Bertz CT molecular complexity index is 799. The Labute approximate surface area is 147 Å². The third-order valence-corrected chi connectivity index (χ3v) is 4.47. The van der Waals surface area contributed by atoms with E-state index in [-0.39, 0.29) is 18.2 Å². The van der Waals surface area contributed by atoms with Gasteiger partial charge in [0.1, 0.15) is 11.8 Å². The van der Waals surface area contributed by atoms with Crippen molar-refractivity contribution >= 4 is 23.2 Å². The van der Waals surface area contributed by atoms with Gasteiger partial charge in [-0.2, -0.15) is 0 Å². The molecule has 1 aliphatic rings. The van der Waals surface area contributed by atoms with Crippen molar-refractivity contribution < 1.29 is 14.3 Å². The minimum atomic E-state index is -0.551. The maximum Gasteiger partial charge on any atom is 0.256 e. The largest absolute Gasteiger partial charge is 0.494 e. The van der Waals surface area contributed by atoms with Crippen LogP contribution in [0.4, 0.5) is 11.4 Å². The van der Waals surface area contributed by atoms with Crippen LogP contribution in [0.15, 0.2) is 42.5 Å². The Morgan fingerprint density at radius 2 is 1.84 bits per heavy atom. The number of ether oxygens (including phenoxy) is 1. The molecule has 1 saturated heterocycles. The highest BCUT2D eigenvalue weighted by Gasteiger charge is 2.40. The molecule has 1 aliphatic heterocycles. The normalized spacial score (nSPS) is 17.1.